The molecule has 2 unspecified atom stereocenters. The molecule has 1 aromatic rings. The van der Waals surface area contributed by atoms with Crippen LogP contribution in [0.25, 0.3) is 0 Å². The Morgan fingerprint density at radius 1 is 1.00 bits per heavy atom. The number of nitrogens with one attached hydrogen (secondary N) is 1. The van der Waals surface area contributed by atoms with Crippen molar-refractivity contribution in [2.24, 2.45) is 17.3 Å². The number of amides is 1. The summed E-state index contributed by atoms with van der Waals surface area (Å²) >= 11 is 0. The van der Waals surface area contributed by atoms with E-state index in [-0.39, 0.29) is 21.4 Å². The average molecular weight is 383 g/mol. The molecule has 5 aliphatic rings. The van der Waals surface area contributed by atoms with Gasteiger partial charge in [0.1, 0.15) is 0 Å². The van der Waals surface area contributed by atoms with Crippen LogP contribution in [0.15, 0.2) is 24.3 Å². The van der Waals surface area contributed by atoms with Gasteiger partial charge in [-0.2, -0.15) is 0 Å². The van der Waals surface area contributed by atoms with Crippen LogP contribution in [0.1, 0.15) is 76.2 Å². The minimum Gasteiger partial charge on any atom is -0.353 e. The molecular formula is C23H30N2O3. The first-order valence-electron chi connectivity index (χ1n) is 11.0. The van der Waals surface area contributed by atoms with Crippen molar-refractivity contribution in [2.45, 2.75) is 82.1 Å². The van der Waals surface area contributed by atoms with Crippen LogP contribution in [0, 0.1) is 27.4 Å². The summed E-state index contributed by atoms with van der Waals surface area (Å²) in [5, 5.41) is 14.5. The molecule has 1 amide bonds. The van der Waals surface area contributed by atoms with Gasteiger partial charge in [0.05, 0.1) is 10.3 Å². The number of benzene rings is 1. The molecule has 5 saturated carbocycles. The van der Waals surface area contributed by atoms with E-state index in [0.717, 1.165) is 44.9 Å². The molecule has 0 saturated heterocycles. The number of nitro groups is 1. The fourth-order valence-corrected chi connectivity index (χ4v) is 7.39. The number of non-ortho nitro benzene ring substituents is 1. The summed E-state index contributed by atoms with van der Waals surface area (Å²) in [6, 6.07) is 7.56. The first-order chi connectivity index (χ1) is 13.5. The maximum Gasteiger partial charge on any atom is 0.269 e. The van der Waals surface area contributed by atoms with Gasteiger partial charge >= 0.3 is 0 Å². The summed E-state index contributed by atoms with van der Waals surface area (Å²) in [6.07, 6.45) is 12.5. The Kier molecular flexibility index (Phi) is 4.25. The monoisotopic (exact) mass is 382 g/mol. The number of carbonyl (C=O) groups is 1. The minimum atomic E-state index is -0.331. The molecule has 6 rings (SSSR count). The fraction of sp³-hybridized carbons (Fsp3) is 0.696. The van der Waals surface area contributed by atoms with Crippen molar-refractivity contribution in [3.8, 4) is 0 Å². The Balaban J connectivity index is 1.42. The zero-order chi connectivity index (χ0) is 19.4. The van der Waals surface area contributed by atoms with Gasteiger partial charge < -0.3 is 5.32 Å². The Hall–Kier alpha value is -1.91. The predicted octanol–water partition coefficient (Wildman–Crippen LogP) is 4.88. The summed E-state index contributed by atoms with van der Waals surface area (Å²) in [7, 11) is 0. The van der Waals surface area contributed by atoms with E-state index in [2.05, 4.69) is 5.32 Å². The summed E-state index contributed by atoms with van der Waals surface area (Å²) < 4.78 is 0. The molecule has 0 spiro atoms. The Labute approximate surface area is 166 Å². The summed E-state index contributed by atoms with van der Waals surface area (Å²) in [5.74, 6) is 1.54. The SMILES string of the molecule is O=C(NC1CCCCC1)C12C[C@H]3C[C@@H](C1)CC(c1ccc([N+](=O)[O-])cc1)(C3)C2. The van der Waals surface area contributed by atoms with Crippen LogP contribution in [0.2, 0.25) is 0 Å². The third kappa shape index (κ3) is 2.94. The topological polar surface area (TPSA) is 72.2 Å². The highest BCUT2D eigenvalue weighted by Crippen LogP contribution is 2.65. The van der Waals surface area contributed by atoms with Crippen LogP contribution in [0.5, 0.6) is 0 Å². The first-order valence-corrected chi connectivity index (χ1v) is 11.0. The molecule has 4 atom stereocenters. The number of carbonyl (C=O) groups excluding carboxylic acids is 1. The summed E-state index contributed by atoms with van der Waals surface area (Å²) in [4.78, 5) is 24.2. The van der Waals surface area contributed by atoms with Crippen LogP contribution in [-0.2, 0) is 10.2 Å². The van der Waals surface area contributed by atoms with Crippen molar-refractivity contribution in [3.05, 3.63) is 39.9 Å². The maximum atomic E-state index is 13.5. The number of nitro benzene ring substituents is 1. The van der Waals surface area contributed by atoms with Crippen molar-refractivity contribution < 1.29 is 9.72 Å². The van der Waals surface area contributed by atoms with Crippen molar-refractivity contribution in [2.75, 3.05) is 0 Å². The van der Waals surface area contributed by atoms with Crippen molar-refractivity contribution in [1.29, 1.82) is 0 Å². The summed E-state index contributed by atoms with van der Waals surface area (Å²) in [5.41, 5.74) is 1.17. The third-order valence-corrected chi connectivity index (χ3v) is 8.17. The van der Waals surface area contributed by atoms with E-state index < -0.39 is 0 Å². The molecule has 0 radical (unpaired) electrons. The second-order valence-corrected chi connectivity index (χ2v) is 10.1. The van der Waals surface area contributed by atoms with Gasteiger partial charge in [0.15, 0.2) is 0 Å². The van der Waals surface area contributed by atoms with Crippen LogP contribution in [0.4, 0.5) is 5.69 Å². The number of nitrogens with zero attached hydrogens (tertiary/aromatic N) is 1. The number of rotatable bonds is 4. The molecule has 0 heterocycles. The second-order valence-electron chi connectivity index (χ2n) is 10.1. The lowest BCUT2D eigenvalue weighted by atomic mass is 9.42. The van der Waals surface area contributed by atoms with Gasteiger partial charge in [-0.05, 0) is 74.2 Å². The smallest absolute Gasteiger partial charge is 0.269 e. The highest BCUT2D eigenvalue weighted by molar-refractivity contribution is 5.84. The molecule has 4 bridgehead atoms. The Bertz CT molecular complexity index is 768. The molecule has 1 aromatic carbocycles. The van der Waals surface area contributed by atoms with Gasteiger partial charge in [-0.15, -0.1) is 0 Å². The lowest BCUT2D eigenvalue weighted by Crippen LogP contribution is -2.60. The molecular weight excluding hydrogens is 352 g/mol. The standard InChI is InChI=1S/C23H30N2O3/c26-21(24-19-4-2-1-3-5-19)23-13-16-10-17(14-23)12-22(11-16,15-23)18-6-8-20(9-7-18)25(27)28/h6-9,16-17,19H,1-5,10-15H2,(H,24,26)/t16-,17+,22?,23?. The highest BCUT2D eigenvalue weighted by Gasteiger charge is 2.61. The number of hydrogen-bond acceptors (Lipinski definition) is 3. The van der Waals surface area contributed by atoms with E-state index in [4.69, 9.17) is 0 Å². The third-order valence-electron chi connectivity index (χ3n) is 8.17. The molecule has 5 nitrogen and oxygen atoms in total. The molecule has 5 fully saturated rings. The van der Waals surface area contributed by atoms with E-state index in [9.17, 15) is 14.9 Å². The predicted molar refractivity (Wildman–Crippen MR) is 107 cm³/mol. The zero-order valence-corrected chi connectivity index (χ0v) is 16.5. The molecule has 5 aliphatic carbocycles. The molecule has 5 heteroatoms. The molecule has 1 N–H and O–H groups in total. The Morgan fingerprint density at radius 2 is 1.64 bits per heavy atom. The van der Waals surface area contributed by atoms with E-state index in [1.807, 2.05) is 12.1 Å². The van der Waals surface area contributed by atoms with Crippen LogP contribution in [-0.4, -0.2) is 16.9 Å². The van der Waals surface area contributed by atoms with Crippen LogP contribution < -0.4 is 5.32 Å². The second kappa shape index (κ2) is 6.57. The number of hydrogen-bond donors (Lipinski definition) is 1. The van der Waals surface area contributed by atoms with E-state index in [1.165, 1.54) is 31.2 Å². The zero-order valence-electron chi connectivity index (χ0n) is 16.5. The molecule has 150 valence electrons. The molecule has 0 aliphatic heterocycles. The Morgan fingerprint density at radius 3 is 2.25 bits per heavy atom. The normalized spacial score (nSPS) is 37.0. The van der Waals surface area contributed by atoms with Crippen molar-refractivity contribution in [3.63, 3.8) is 0 Å². The average Bonchev–Trinajstić information content (AvgIpc) is 2.68. The van der Waals surface area contributed by atoms with Crippen molar-refractivity contribution >= 4 is 11.6 Å². The maximum absolute atomic E-state index is 13.5. The van der Waals surface area contributed by atoms with Gasteiger partial charge in [0.2, 0.25) is 5.91 Å². The fourth-order valence-electron chi connectivity index (χ4n) is 7.39. The minimum absolute atomic E-state index is 0.0309. The first kappa shape index (κ1) is 18.1. The largest absolute Gasteiger partial charge is 0.353 e. The molecule has 28 heavy (non-hydrogen) atoms. The van der Waals surface area contributed by atoms with Crippen LogP contribution in [0.3, 0.4) is 0 Å². The highest BCUT2D eigenvalue weighted by atomic mass is 16.6. The van der Waals surface area contributed by atoms with E-state index in [0.29, 0.717) is 23.8 Å². The van der Waals surface area contributed by atoms with Gasteiger partial charge in [-0.3, -0.25) is 14.9 Å². The van der Waals surface area contributed by atoms with Gasteiger partial charge in [0, 0.05) is 18.2 Å². The van der Waals surface area contributed by atoms with Gasteiger partial charge in [-0.1, -0.05) is 31.4 Å². The lowest BCUT2D eigenvalue weighted by Gasteiger charge is -2.61. The van der Waals surface area contributed by atoms with Gasteiger partial charge in [0.25, 0.3) is 5.69 Å². The summed E-state index contributed by atoms with van der Waals surface area (Å²) in [6.45, 7) is 0. The quantitative estimate of drug-likeness (QED) is 0.596. The van der Waals surface area contributed by atoms with E-state index >= 15 is 0 Å². The van der Waals surface area contributed by atoms with Crippen molar-refractivity contribution in [1.82, 2.24) is 5.32 Å². The van der Waals surface area contributed by atoms with Crippen LogP contribution >= 0.6 is 0 Å². The lowest BCUT2D eigenvalue weighted by molar-refractivity contribution is -0.384. The van der Waals surface area contributed by atoms with Gasteiger partial charge in [-0.25, -0.2) is 0 Å². The molecule has 0 aromatic heterocycles. The van der Waals surface area contributed by atoms with E-state index in [1.54, 1.807) is 12.1 Å².